The SMILES string of the molecule is CC(F)(F)c1ncccc1C(=O)N[C@@H]1CC[C@@H]1c1ccc(F)cc1Cl. The van der Waals surface area contributed by atoms with Crippen LogP contribution in [0.15, 0.2) is 36.5 Å². The number of nitrogens with zero attached hydrogens (tertiary/aromatic N) is 1. The summed E-state index contributed by atoms with van der Waals surface area (Å²) in [6.45, 7) is 0.705. The highest BCUT2D eigenvalue weighted by molar-refractivity contribution is 6.31. The van der Waals surface area contributed by atoms with Crippen molar-refractivity contribution in [1.82, 2.24) is 10.3 Å². The predicted octanol–water partition coefficient (Wildman–Crippen LogP) is 4.66. The predicted molar refractivity (Wildman–Crippen MR) is 88.4 cm³/mol. The second kappa shape index (κ2) is 6.67. The highest BCUT2D eigenvalue weighted by atomic mass is 35.5. The largest absolute Gasteiger partial charge is 0.349 e. The van der Waals surface area contributed by atoms with Gasteiger partial charge in [-0.15, -0.1) is 0 Å². The number of halogens is 4. The van der Waals surface area contributed by atoms with E-state index in [1.54, 1.807) is 6.07 Å². The van der Waals surface area contributed by atoms with Gasteiger partial charge in [0.15, 0.2) is 0 Å². The Kier molecular flexibility index (Phi) is 4.73. The van der Waals surface area contributed by atoms with Crippen LogP contribution in [0.3, 0.4) is 0 Å². The minimum Gasteiger partial charge on any atom is -0.349 e. The smallest absolute Gasteiger partial charge is 0.287 e. The lowest BCUT2D eigenvalue weighted by molar-refractivity contribution is 0.0115. The van der Waals surface area contributed by atoms with E-state index in [9.17, 15) is 18.0 Å². The summed E-state index contributed by atoms with van der Waals surface area (Å²) in [5.74, 6) is -4.32. The number of carbonyl (C=O) groups is 1. The van der Waals surface area contributed by atoms with Gasteiger partial charge >= 0.3 is 0 Å². The maximum Gasteiger partial charge on any atom is 0.287 e. The molecule has 1 N–H and O–H groups in total. The molecule has 1 aliphatic carbocycles. The summed E-state index contributed by atoms with van der Waals surface area (Å²) in [7, 11) is 0. The Hall–Kier alpha value is -2.08. The third-order valence-electron chi connectivity index (χ3n) is 4.42. The zero-order valence-corrected chi connectivity index (χ0v) is 14.2. The van der Waals surface area contributed by atoms with Crippen LogP contribution in [0, 0.1) is 5.82 Å². The lowest BCUT2D eigenvalue weighted by atomic mass is 9.75. The van der Waals surface area contributed by atoms with Gasteiger partial charge in [-0.05, 0) is 42.7 Å². The first-order valence-corrected chi connectivity index (χ1v) is 8.24. The fraction of sp³-hybridized carbons (Fsp3) is 0.333. The molecule has 1 aromatic heterocycles. The zero-order valence-electron chi connectivity index (χ0n) is 13.4. The molecule has 7 heteroatoms. The molecule has 0 saturated heterocycles. The van der Waals surface area contributed by atoms with Gasteiger partial charge in [0.05, 0.1) is 5.56 Å². The van der Waals surface area contributed by atoms with Crippen LogP contribution in [0.5, 0.6) is 0 Å². The minimum atomic E-state index is -3.22. The first-order valence-electron chi connectivity index (χ1n) is 7.86. The summed E-state index contributed by atoms with van der Waals surface area (Å²) in [6, 6.07) is 6.66. The molecule has 3 nitrogen and oxygen atoms in total. The average Bonchev–Trinajstić information content (AvgIpc) is 2.53. The van der Waals surface area contributed by atoms with Crippen molar-refractivity contribution in [2.24, 2.45) is 0 Å². The molecular formula is C18H16ClF3N2O. The molecule has 0 spiro atoms. The van der Waals surface area contributed by atoms with Crippen LogP contribution in [0.4, 0.5) is 13.2 Å². The van der Waals surface area contributed by atoms with Crippen molar-refractivity contribution in [3.63, 3.8) is 0 Å². The Morgan fingerprint density at radius 1 is 1.32 bits per heavy atom. The molecular weight excluding hydrogens is 353 g/mol. The lowest BCUT2D eigenvalue weighted by Gasteiger charge is -2.38. The van der Waals surface area contributed by atoms with Crippen molar-refractivity contribution in [2.75, 3.05) is 0 Å². The van der Waals surface area contributed by atoms with E-state index in [-0.39, 0.29) is 17.5 Å². The minimum absolute atomic E-state index is 0.0701. The molecule has 1 fully saturated rings. The molecule has 1 aliphatic rings. The summed E-state index contributed by atoms with van der Waals surface area (Å²) in [6.07, 6.45) is 2.70. The van der Waals surface area contributed by atoms with Crippen molar-refractivity contribution in [3.8, 4) is 0 Å². The quantitative estimate of drug-likeness (QED) is 0.852. The van der Waals surface area contributed by atoms with Crippen molar-refractivity contribution >= 4 is 17.5 Å². The molecule has 1 heterocycles. The number of hydrogen-bond acceptors (Lipinski definition) is 2. The number of rotatable bonds is 4. The molecule has 132 valence electrons. The maximum atomic E-state index is 13.6. The van der Waals surface area contributed by atoms with Crippen molar-refractivity contribution in [1.29, 1.82) is 0 Å². The molecule has 0 aliphatic heterocycles. The molecule has 0 radical (unpaired) electrons. The summed E-state index contributed by atoms with van der Waals surface area (Å²) >= 11 is 6.08. The van der Waals surface area contributed by atoms with E-state index in [2.05, 4.69) is 10.3 Å². The topological polar surface area (TPSA) is 42.0 Å². The molecule has 1 amide bonds. The third kappa shape index (κ3) is 3.63. The van der Waals surface area contributed by atoms with Crippen LogP contribution in [0.1, 0.15) is 47.3 Å². The molecule has 3 rings (SSSR count). The fourth-order valence-corrected chi connectivity index (χ4v) is 3.34. The van der Waals surface area contributed by atoms with Crippen molar-refractivity contribution < 1.29 is 18.0 Å². The highest BCUT2D eigenvalue weighted by Gasteiger charge is 2.37. The van der Waals surface area contributed by atoms with Crippen LogP contribution >= 0.6 is 11.6 Å². The Bertz CT molecular complexity index is 807. The van der Waals surface area contributed by atoms with Crippen LogP contribution < -0.4 is 5.32 Å². The Morgan fingerprint density at radius 3 is 2.68 bits per heavy atom. The van der Waals surface area contributed by atoms with Crippen LogP contribution in [-0.2, 0) is 5.92 Å². The second-order valence-electron chi connectivity index (χ2n) is 6.22. The van der Waals surface area contributed by atoms with Gasteiger partial charge in [-0.2, -0.15) is 8.78 Å². The van der Waals surface area contributed by atoms with Crippen LogP contribution in [0.2, 0.25) is 5.02 Å². The van der Waals surface area contributed by atoms with E-state index in [1.165, 1.54) is 30.5 Å². The molecule has 2 atom stereocenters. The van der Waals surface area contributed by atoms with E-state index >= 15 is 0 Å². The van der Waals surface area contributed by atoms with Crippen LogP contribution in [0.25, 0.3) is 0 Å². The van der Waals surface area contributed by atoms with E-state index in [4.69, 9.17) is 11.6 Å². The second-order valence-corrected chi connectivity index (χ2v) is 6.62. The zero-order chi connectivity index (χ0) is 18.2. The Morgan fingerprint density at radius 2 is 2.08 bits per heavy atom. The van der Waals surface area contributed by atoms with Crippen molar-refractivity contribution in [2.45, 2.75) is 37.6 Å². The van der Waals surface area contributed by atoms with E-state index < -0.39 is 23.3 Å². The molecule has 1 aromatic carbocycles. The van der Waals surface area contributed by atoms with Gasteiger partial charge in [0.25, 0.3) is 11.8 Å². The monoisotopic (exact) mass is 368 g/mol. The summed E-state index contributed by atoms with van der Waals surface area (Å²) < 4.78 is 40.5. The Balaban J connectivity index is 1.78. The van der Waals surface area contributed by atoms with Gasteiger partial charge in [-0.1, -0.05) is 17.7 Å². The first-order chi connectivity index (χ1) is 11.8. The summed E-state index contributed by atoms with van der Waals surface area (Å²) in [5.41, 5.74) is 0.0425. The van der Waals surface area contributed by atoms with E-state index in [0.29, 0.717) is 18.4 Å². The third-order valence-corrected chi connectivity index (χ3v) is 4.75. The van der Waals surface area contributed by atoms with Gasteiger partial charge in [0.2, 0.25) is 0 Å². The number of aromatic nitrogens is 1. The molecule has 0 bridgehead atoms. The number of pyridine rings is 1. The number of alkyl halides is 2. The normalized spacial score (nSPS) is 20.0. The van der Waals surface area contributed by atoms with E-state index in [0.717, 1.165) is 12.0 Å². The molecule has 2 aromatic rings. The van der Waals surface area contributed by atoms with Gasteiger partial charge < -0.3 is 5.32 Å². The standard InChI is InChI=1S/C18H16ClF3N2O/c1-18(21,22)16-13(3-2-8-23-16)17(25)24-15-7-6-12(15)11-5-4-10(20)9-14(11)19/h2-5,8-9,12,15H,6-7H2,1H3,(H,24,25)/t12-,15-/m1/s1. The number of amides is 1. The molecule has 1 saturated carbocycles. The highest BCUT2D eigenvalue weighted by Crippen LogP contribution is 2.40. The lowest BCUT2D eigenvalue weighted by Crippen LogP contribution is -2.46. The Labute approximate surface area is 148 Å². The molecule has 25 heavy (non-hydrogen) atoms. The number of benzene rings is 1. The van der Waals surface area contributed by atoms with Gasteiger partial charge in [0.1, 0.15) is 11.5 Å². The fourth-order valence-electron chi connectivity index (χ4n) is 3.03. The first kappa shape index (κ1) is 17.7. The van der Waals surface area contributed by atoms with Gasteiger partial charge in [-0.25, -0.2) is 4.39 Å². The van der Waals surface area contributed by atoms with Gasteiger partial charge in [0, 0.05) is 30.1 Å². The number of hydrogen-bond donors (Lipinski definition) is 1. The molecule has 0 unspecified atom stereocenters. The summed E-state index contributed by atoms with van der Waals surface area (Å²) in [4.78, 5) is 16.1. The van der Waals surface area contributed by atoms with Crippen LogP contribution in [-0.4, -0.2) is 16.9 Å². The average molecular weight is 369 g/mol. The summed E-state index contributed by atoms with van der Waals surface area (Å²) in [5, 5.41) is 3.07. The number of nitrogens with one attached hydrogen (secondary N) is 1. The van der Waals surface area contributed by atoms with E-state index in [1.807, 2.05) is 0 Å². The maximum absolute atomic E-state index is 13.6. The number of carbonyl (C=O) groups excluding carboxylic acids is 1. The van der Waals surface area contributed by atoms with Crippen molar-refractivity contribution in [3.05, 3.63) is 64.2 Å². The van der Waals surface area contributed by atoms with Gasteiger partial charge in [-0.3, -0.25) is 9.78 Å².